The van der Waals surface area contributed by atoms with E-state index in [9.17, 15) is 9.59 Å². The van der Waals surface area contributed by atoms with Crippen molar-refractivity contribution in [1.29, 1.82) is 0 Å². The SMILES string of the molecule is Cc1ccc2oc(C(=O)N3CC[C@@]4(CN(C)C(=O)CO4)C3)c(C)c2c1. The van der Waals surface area contributed by atoms with Crippen molar-refractivity contribution in [3.05, 3.63) is 35.1 Å². The van der Waals surface area contributed by atoms with Crippen LogP contribution in [0.5, 0.6) is 0 Å². The van der Waals surface area contributed by atoms with Crippen LogP contribution in [0.4, 0.5) is 0 Å². The molecule has 1 aromatic heterocycles. The molecule has 1 spiro atoms. The average molecular weight is 342 g/mol. The van der Waals surface area contributed by atoms with Crippen LogP contribution in [0.3, 0.4) is 0 Å². The van der Waals surface area contributed by atoms with Crippen molar-refractivity contribution in [3.8, 4) is 0 Å². The monoisotopic (exact) mass is 342 g/mol. The second kappa shape index (κ2) is 5.59. The highest BCUT2D eigenvalue weighted by atomic mass is 16.5. The number of hydrogen-bond donors (Lipinski definition) is 0. The Morgan fingerprint density at radius 2 is 2.04 bits per heavy atom. The van der Waals surface area contributed by atoms with Gasteiger partial charge in [0.05, 0.1) is 13.1 Å². The molecule has 2 fully saturated rings. The van der Waals surface area contributed by atoms with Gasteiger partial charge in [-0.15, -0.1) is 0 Å². The van der Waals surface area contributed by atoms with Crippen LogP contribution < -0.4 is 0 Å². The van der Waals surface area contributed by atoms with Crippen LogP contribution in [0, 0.1) is 13.8 Å². The molecule has 2 aliphatic rings. The van der Waals surface area contributed by atoms with Crippen LogP contribution in [0.1, 0.15) is 28.1 Å². The summed E-state index contributed by atoms with van der Waals surface area (Å²) in [6.07, 6.45) is 0.731. The van der Waals surface area contributed by atoms with Gasteiger partial charge in [-0.3, -0.25) is 9.59 Å². The van der Waals surface area contributed by atoms with Crippen LogP contribution in [0.25, 0.3) is 11.0 Å². The van der Waals surface area contributed by atoms with Crippen molar-refractivity contribution in [3.63, 3.8) is 0 Å². The van der Waals surface area contributed by atoms with Crippen LogP contribution >= 0.6 is 0 Å². The first-order valence-corrected chi connectivity index (χ1v) is 8.55. The summed E-state index contributed by atoms with van der Waals surface area (Å²) in [5, 5.41) is 0.983. The topological polar surface area (TPSA) is 63.0 Å². The Morgan fingerprint density at radius 1 is 1.24 bits per heavy atom. The number of carbonyl (C=O) groups is 2. The first-order valence-electron chi connectivity index (χ1n) is 8.55. The lowest BCUT2D eigenvalue weighted by Crippen LogP contribution is -2.54. The van der Waals surface area contributed by atoms with Crippen LogP contribution in [-0.2, 0) is 9.53 Å². The number of carbonyl (C=O) groups excluding carboxylic acids is 2. The molecule has 4 rings (SSSR count). The van der Waals surface area contributed by atoms with E-state index in [0.717, 1.165) is 28.5 Å². The largest absolute Gasteiger partial charge is 0.451 e. The van der Waals surface area contributed by atoms with Gasteiger partial charge in [0.2, 0.25) is 5.91 Å². The highest BCUT2D eigenvalue weighted by molar-refractivity contribution is 5.99. The summed E-state index contributed by atoms with van der Waals surface area (Å²) in [4.78, 5) is 28.1. The molecule has 2 amide bonds. The molecule has 0 aliphatic carbocycles. The average Bonchev–Trinajstić information content (AvgIpc) is 3.13. The molecule has 6 heteroatoms. The molecule has 0 N–H and O–H groups in total. The Labute approximate surface area is 146 Å². The Kier molecular flexibility index (Phi) is 3.61. The summed E-state index contributed by atoms with van der Waals surface area (Å²) in [6, 6.07) is 5.93. The smallest absolute Gasteiger partial charge is 0.289 e. The fraction of sp³-hybridized carbons (Fsp3) is 0.474. The number of nitrogens with zero attached hydrogens (tertiary/aromatic N) is 2. The number of benzene rings is 1. The van der Waals surface area contributed by atoms with Gasteiger partial charge < -0.3 is 19.0 Å². The molecule has 2 aliphatic heterocycles. The fourth-order valence-electron chi connectivity index (χ4n) is 3.84. The number of likely N-dealkylation sites (tertiary alicyclic amines) is 1. The van der Waals surface area contributed by atoms with E-state index in [-0.39, 0.29) is 18.4 Å². The van der Waals surface area contributed by atoms with E-state index in [0.29, 0.717) is 25.4 Å². The maximum atomic E-state index is 13.0. The highest BCUT2D eigenvalue weighted by Gasteiger charge is 2.46. The normalized spacial score (nSPS) is 23.9. The van der Waals surface area contributed by atoms with Gasteiger partial charge >= 0.3 is 0 Å². The van der Waals surface area contributed by atoms with Gasteiger partial charge in [0, 0.05) is 24.5 Å². The zero-order chi connectivity index (χ0) is 17.8. The van der Waals surface area contributed by atoms with Gasteiger partial charge in [-0.1, -0.05) is 11.6 Å². The molecule has 3 heterocycles. The second-order valence-corrected chi connectivity index (χ2v) is 7.25. The maximum Gasteiger partial charge on any atom is 0.289 e. The minimum absolute atomic E-state index is 0.0149. The molecule has 2 aromatic rings. The molecule has 0 saturated carbocycles. The van der Waals surface area contributed by atoms with E-state index in [4.69, 9.17) is 9.15 Å². The minimum Gasteiger partial charge on any atom is -0.451 e. The molecule has 1 aromatic carbocycles. The third-order valence-corrected chi connectivity index (χ3v) is 5.34. The maximum absolute atomic E-state index is 13.0. The number of likely N-dealkylation sites (N-methyl/N-ethyl adjacent to an activating group) is 1. The van der Waals surface area contributed by atoms with Gasteiger partial charge in [-0.05, 0) is 32.4 Å². The molecule has 0 radical (unpaired) electrons. The Bertz CT molecular complexity index is 872. The summed E-state index contributed by atoms with van der Waals surface area (Å²) >= 11 is 0. The van der Waals surface area contributed by atoms with Crippen molar-refractivity contribution in [1.82, 2.24) is 9.80 Å². The van der Waals surface area contributed by atoms with Crippen molar-refractivity contribution < 1.29 is 18.7 Å². The molecule has 0 bridgehead atoms. The lowest BCUT2D eigenvalue weighted by atomic mass is 10.0. The first-order chi connectivity index (χ1) is 11.9. The summed E-state index contributed by atoms with van der Waals surface area (Å²) < 4.78 is 11.7. The minimum atomic E-state index is -0.450. The fourth-order valence-corrected chi connectivity index (χ4v) is 3.84. The molecular weight excluding hydrogens is 320 g/mol. The standard InChI is InChI=1S/C19H22N2O4/c1-12-4-5-15-14(8-12)13(2)17(25-15)18(23)21-7-6-19(11-21)10-20(3)16(22)9-24-19/h4-5,8H,6-7,9-11H2,1-3H3/t19-/m1/s1. The van der Waals surface area contributed by atoms with Gasteiger partial charge in [0.1, 0.15) is 17.8 Å². The predicted molar refractivity (Wildman–Crippen MR) is 92.5 cm³/mol. The quantitative estimate of drug-likeness (QED) is 0.796. The van der Waals surface area contributed by atoms with Crippen molar-refractivity contribution in [2.24, 2.45) is 0 Å². The van der Waals surface area contributed by atoms with E-state index >= 15 is 0 Å². The van der Waals surface area contributed by atoms with E-state index in [1.165, 1.54) is 0 Å². The molecule has 6 nitrogen and oxygen atoms in total. The third kappa shape index (κ3) is 2.61. The van der Waals surface area contributed by atoms with Gasteiger partial charge in [0.15, 0.2) is 5.76 Å². The number of rotatable bonds is 1. The second-order valence-electron chi connectivity index (χ2n) is 7.25. The summed E-state index contributed by atoms with van der Waals surface area (Å²) in [5.41, 5.74) is 2.30. The van der Waals surface area contributed by atoms with E-state index < -0.39 is 5.60 Å². The van der Waals surface area contributed by atoms with Crippen molar-refractivity contribution in [2.45, 2.75) is 25.9 Å². The van der Waals surface area contributed by atoms with E-state index in [1.807, 2.05) is 32.0 Å². The molecule has 25 heavy (non-hydrogen) atoms. The number of fused-ring (bicyclic) bond motifs is 1. The summed E-state index contributed by atoms with van der Waals surface area (Å²) in [5.74, 6) is 0.281. The number of ether oxygens (including phenoxy) is 1. The van der Waals surface area contributed by atoms with Crippen LogP contribution in [0.15, 0.2) is 22.6 Å². The number of amides is 2. The van der Waals surface area contributed by atoms with Crippen LogP contribution in [-0.4, -0.2) is 60.5 Å². The van der Waals surface area contributed by atoms with Gasteiger partial charge in [-0.25, -0.2) is 0 Å². The zero-order valence-corrected chi connectivity index (χ0v) is 14.8. The third-order valence-electron chi connectivity index (χ3n) is 5.34. The Morgan fingerprint density at radius 3 is 2.80 bits per heavy atom. The number of morpholine rings is 1. The van der Waals surface area contributed by atoms with E-state index in [2.05, 4.69) is 0 Å². The number of aryl methyl sites for hydroxylation is 2. The van der Waals surface area contributed by atoms with Crippen molar-refractivity contribution >= 4 is 22.8 Å². The lowest BCUT2D eigenvalue weighted by Gasteiger charge is -2.38. The Hall–Kier alpha value is -2.34. The predicted octanol–water partition coefficient (Wildman–Crippen LogP) is 2.12. The lowest BCUT2D eigenvalue weighted by molar-refractivity contribution is -0.158. The number of hydrogen-bond acceptors (Lipinski definition) is 4. The number of furan rings is 1. The Balaban J connectivity index is 1.58. The van der Waals surface area contributed by atoms with Gasteiger partial charge in [0.25, 0.3) is 5.91 Å². The highest BCUT2D eigenvalue weighted by Crippen LogP contribution is 2.32. The van der Waals surface area contributed by atoms with Crippen LogP contribution in [0.2, 0.25) is 0 Å². The van der Waals surface area contributed by atoms with E-state index in [1.54, 1.807) is 16.8 Å². The van der Waals surface area contributed by atoms with Crippen molar-refractivity contribution in [2.75, 3.05) is 33.3 Å². The zero-order valence-electron chi connectivity index (χ0n) is 14.8. The molecule has 1 atom stereocenters. The van der Waals surface area contributed by atoms with Gasteiger partial charge in [-0.2, -0.15) is 0 Å². The molecule has 132 valence electrons. The molecule has 0 unspecified atom stereocenters. The first kappa shape index (κ1) is 16.1. The molecule has 2 saturated heterocycles. The molecular formula is C19H22N2O4. The summed E-state index contributed by atoms with van der Waals surface area (Å²) in [7, 11) is 1.78. The summed E-state index contributed by atoms with van der Waals surface area (Å²) in [6.45, 7) is 5.65.